The average molecular weight is 371 g/mol. The highest BCUT2D eigenvalue weighted by Gasteiger charge is 2.27. The van der Waals surface area contributed by atoms with Crippen LogP contribution in [-0.4, -0.2) is 76.3 Å². The Hall–Kier alpha value is -0.620. The first-order valence-corrected chi connectivity index (χ1v) is 11.4. The molecule has 0 aromatic heterocycles. The predicted molar refractivity (Wildman–Crippen MR) is 109 cm³/mol. The van der Waals surface area contributed by atoms with Crippen LogP contribution >= 0.6 is 0 Å². The van der Waals surface area contributed by atoms with Gasteiger partial charge in [0.1, 0.15) is 0 Å². The number of hydrogen-bond acceptors (Lipinski definition) is 3. The summed E-state index contributed by atoms with van der Waals surface area (Å²) in [5.74, 6) is 2.41. The zero-order valence-corrected chi connectivity index (χ0v) is 17.5. The Morgan fingerprint density at radius 3 is 2.56 bits per heavy atom. The number of rotatable bonds is 6. The Balaban J connectivity index is 1.82. The average Bonchev–Trinajstić information content (AvgIpc) is 3.02. The molecule has 2 aliphatic rings. The summed E-state index contributed by atoms with van der Waals surface area (Å²) in [6, 6.07) is 0. The van der Waals surface area contributed by atoms with E-state index in [2.05, 4.69) is 22.0 Å². The van der Waals surface area contributed by atoms with Crippen LogP contribution in [0.1, 0.15) is 53.4 Å². The highest BCUT2D eigenvalue weighted by Crippen LogP contribution is 2.20. The van der Waals surface area contributed by atoms with E-state index in [1.807, 2.05) is 20.8 Å². The Morgan fingerprint density at radius 2 is 1.92 bits per heavy atom. The summed E-state index contributed by atoms with van der Waals surface area (Å²) in [5.41, 5.74) is 0. The van der Waals surface area contributed by atoms with Gasteiger partial charge in [-0.05, 0) is 66.0 Å². The molecule has 2 saturated heterocycles. The van der Waals surface area contributed by atoms with Gasteiger partial charge in [-0.3, -0.25) is 9.20 Å². The van der Waals surface area contributed by atoms with Crippen molar-refractivity contribution < 1.29 is 4.21 Å². The molecule has 0 spiro atoms. The summed E-state index contributed by atoms with van der Waals surface area (Å²) < 4.78 is 12.0. The van der Waals surface area contributed by atoms with Gasteiger partial charge in [0.25, 0.3) is 0 Å². The number of likely N-dealkylation sites (tertiary alicyclic amines) is 2. The van der Waals surface area contributed by atoms with Crippen molar-refractivity contribution >= 4 is 16.8 Å². The van der Waals surface area contributed by atoms with Crippen LogP contribution in [0, 0.1) is 5.92 Å². The van der Waals surface area contributed by atoms with Crippen LogP contribution in [0.4, 0.5) is 0 Å². The largest absolute Gasteiger partial charge is 0.357 e. The number of hydrogen-bond donors (Lipinski definition) is 1. The molecular weight excluding hydrogens is 332 g/mol. The standard InChI is InChI=1S/C19H38N4OS/c1-5-20-18(21-10-14-25(24)19(2,3)4)23-13-9-17(16-23)15-22-11-7-6-8-12-22/h17H,5-16H2,1-4H3,(H,20,21). The first-order valence-electron chi connectivity index (χ1n) is 10.0. The molecule has 0 aromatic carbocycles. The molecule has 2 fully saturated rings. The summed E-state index contributed by atoms with van der Waals surface area (Å²) in [6.45, 7) is 15.7. The zero-order chi connectivity index (χ0) is 18.3. The SMILES string of the molecule is CCNC(=NCCS(=O)C(C)(C)C)N1CCC(CN2CCCCC2)C1. The van der Waals surface area contributed by atoms with Crippen LogP contribution in [0.5, 0.6) is 0 Å². The van der Waals surface area contributed by atoms with Crippen LogP contribution in [0.2, 0.25) is 0 Å². The van der Waals surface area contributed by atoms with Gasteiger partial charge in [-0.15, -0.1) is 0 Å². The molecule has 1 N–H and O–H groups in total. The monoisotopic (exact) mass is 370 g/mol. The molecule has 2 heterocycles. The van der Waals surface area contributed by atoms with Crippen molar-refractivity contribution in [2.24, 2.45) is 10.9 Å². The molecular formula is C19H38N4OS. The Bertz CT molecular complexity index is 455. The Morgan fingerprint density at radius 1 is 1.20 bits per heavy atom. The number of aliphatic imine (C=N–C) groups is 1. The quantitative estimate of drug-likeness (QED) is 0.576. The molecule has 2 unspecified atom stereocenters. The topological polar surface area (TPSA) is 47.9 Å². The number of piperidine rings is 1. The summed E-state index contributed by atoms with van der Waals surface area (Å²) in [5, 5.41) is 3.42. The van der Waals surface area contributed by atoms with Crippen LogP contribution in [0.3, 0.4) is 0 Å². The van der Waals surface area contributed by atoms with E-state index in [1.54, 1.807) is 0 Å². The van der Waals surface area contributed by atoms with E-state index in [0.717, 1.165) is 31.5 Å². The van der Waals surface area contributed by atoms with Gasteiger partial charge in [0.15, 0.2) is 5.96 Å². The van der Waals surface area contributed by atoms with Crippen LogP contribution in [-0.2, 0) is 10.8 Å². The first kappa shape index (κ1) is 20.7. The van der Waals surface area contributed by atoms with Crippen molar-refractivity contribution in [3.63, 3.8) is 0 Å². The van der Waals surface area contributed by atoms with Gasteiger partial charge >= 0.3 is 0 Å². The van der Waals surface area contributed by atoms with Crippen molar-refractivity contribution in [1.29, 1.82) is 0 Å². The van der Waals surface area contributed by atoms with Gasteiger partial charge in [-0.2, -0.15) is 0 Å². The molecule has 0 radical (unpaired) electrons. The molecule has 0 aromatic rings. The lowest BCUT2D eigenvalue weighted by Crippen LogP contribution is -2.41. The molecule has 5 nitrogen and oxygen atoms in total. The summed E-state index contributed by atoms with van der Waals surface area (Å²) in [7, 11) is -0.831. The van der Waals surface area contributed by atoms with E-state index in [0.29, 0.717) is 12.3 Å². The van der Waals surface area contributed by atoms with Gasteiger partial charge in [0.05, 0.1) is 6.54 Å². The van der Waals surface area contributed by atoms with Gasteiger partial charge in [-0.25, -0.2) is 0 Å². The molecule has 0 saturated carbocycles. The van der Waals surface area contributed by atoms with Crippen LogP contribution in [0.15, 0.2) is 4.99 Å². The molecule has 0 bridgehead atoms. The predicted octanol–water partition coefficient (Wildman–Crippen LogP) is 2.31. The van der Waals surface area contributed by atoms with Gasteiger partial charge in [0.2, 0.25) is 0 Å². The second-order valence-electron chi connectivity index (χ2n) is 8.36. The molecule has 2 aliphatic heterocycles. The van der Waals surface area contributed by atoms with Gasteiger partial charge < -0.3 is 15.1 Å². The maximum atomic E-state index is 12.2. The smallest absolute Gasteiger partial charge is 0.193 e. The summed E-state index contributed by atoms with van der Waals surface area (Å²) >= 11 is 0. The lowest BCUT2D eigenvalue weighted by Gasteiger charge is -2.29. The lowest BCUT2D eigenvalue weighted by atomic mass is 10.1. The summed E-state index contributed by atoms with van der Waals surface area (Å²) in [4.78, 5) is 9.80. The minimum absolute atomic E-state index is 0.152. The first-order chi connectivity index (χ1) is 11.9. The van der Waals surface area contributed by atoms with Crippen molar-refractivity contribution in [2.75, 3.05) is 51.6 Å². The highest BCUT2D eigenvalue weighted by molar-refractivity contribution is 7.86. The Kier molecular flexibility index (Phi) is 8.20. The molecule has 0 amide bonds. The third-order valence-corrected chi connectivity index (χ3v) is 7.03. The molecule has 146 valence electrons. The number of nitrogens with one attached hydrogen (secondary N) is 1. The molecule has 25 heavy (non-hydrogen) atoms. The zero-order valence-electron chi connectivity index (χ0n) is 16.7. The van der Waals surface area contributed by atoms with Crippen molar-refractivity contribution in [3.05, 3.63) is 0 Å². The van der Waals surface area contributed by atoms with Gasteiger partial charge in [-0.1, -0.05) is 6.42 Å². The highest BCUT2D eigenvalue weighted by atomic mass is 32.2. The second kappa shape index (κ2) is 9.91. The molecule has 0 aliphatic carbocycles. The maximum absolute atomic E-state index is 12.2. The van der Waals surface area contributed by atoms with E-state index in [1.165, 1.54) is 45.3 Å². The molecule has 2 rings (SSSR count). The third kappa shape index (κ3) is 6.89. The summed E-state index contributed by atoms with van der Waals surface area (Å²) in [6.07, 6.45) is 5.40. The third-order valence-electron chi connectivity index (χ3n) is 5.11. The maximum Gasteiger partial charge on any atom is 0.193 e. The minimum atomic E-state index is -0.831. The van der Waals surface area contributed by atoms with Crippen LogP contribution in [0.25, 0.3) is 0 Å². The van der Waals surface area contributed by atoms with E-state index in [-0.39, 0.29) is 4.75 Å². The van der Waals surface area contributed by atoms with Crippen molar-refractivity contribution in [1.82, 2.24) is 15.1 Å². The molecule has 6 heteroatoms. The van der Waals surface area contributed by atoms with E-state index in [9.17, 15) is 4.21 Å². The second-order valence-corrected chi connectivity index (χ2v) is 10.7. The number of guanidine groups is 1. The molecule has 2 atom stereocenters. The number of nitrogens with zero attached hydrogens (tertiary/aromatic N) is 3. The van der Waals surface area contributed by atoms with E-state index in [4.69, 9.17) is 4.99 Å². The Labute approximate surface area is 157 Å². The van der Waals surface area contributed by atoms with Gasteiger partial charge in [0, 0.05) is 47.5 Å². The van der Waals surface area contributed by atoms with E-state index >= 15 is 0 Å². The van der Waals surface area contributed by atoms with Crippen molar-refractivity contribution in [3.8, 4) is 0 Å². The lowest BCUT2D eigenvalue weighted by molar-refractivity contribution is 0.198. The fraction of sp³-hybridized carbons (Fsp3) is 0.947. The fourth-order valence-corrected chi connectivity index (χ4v) is 4.52. The van der Waals surface area contributed by atoms with Crippen molar-refractivity contribution in [2.45, 2.75) is 58.1 Å². The van der Waals surface area contributed by atoms with Crippen LogP contribution < -0.4 is 5.32 Å². The minimum Gasteiger partial charge on any atom is -0.357 e. The normalized spacial score (nSPS) is 24.6. The fourth-order valence-electron chi connectivity index (χ4n) is 3.65. The van der Waals surface area contributed by atoms with E-state index < -0.39 is 10.8 Å².